The molecule has 0 nitrogen and oxygen atoms in total. The fraction of sp³-hybridized carbons (Fsp3) is 0.556. The molecule has 0 aliphatic heterocycles. The van der Waals surface area contributed by atoms with E-state index >= 15 is 0 Å². The standard InChI is InChI=1S/C18H26Si.2ClH.Zr/c1-11-9-13(3)17(15(11)5)19(7,8)18-14(4)10-12(2)16(18)6;;;/h13-14H,1-8H3;2*1H;/q-2;;;+4/p-2/t13-,14+;;;. The summed E-state index contributed by atoms with van der Waals surface area (Å²) in [5, 5.41) is 3.37. The Balaban J connectivity index is 0. The third-order valence-corrected chi connectivity index (χ3v) is 9.32. The van der Waals surface area contributed by atoms with Crippen molar-refractivity contribution in [2.75, 3.05) is 0 Å². The molecule has 0 aromatic carbocycles. The minimum Gasteiger partial charge on any atom is -1.00 e. The maximum atomic E-state index is 3.61. The van der Waals surface area contributed by atoms with E-state index in [9.17, 15) is 0 Å². The molecule has 2 aliphatic carbocycles. The smallest absolute Gasteiger partial charge is 1.00 e. The van der Waals surface area contributed by atoms with Crippen LogP contribution in [0.2, 0.25) is 13.1 Å². The quantitative estimate of drug-likeness (QED) is 0.396. The molecule has 0 amide bonds. The molecule has 0 unspecified atom stereocenters. The number of hydrogen-bond acceptors (Lipinski definition) is 0. The summed E-state index contributed by atoms with van der Waals surface area (Å²) in [5.74, 6) is 0.991. The second-order valence-corrected chi connectivity index (χ2v) is 11.0. The van der Waals surface area contributed by atoms with E-state index in [0.717, 1.165) is 0 Å². The molecule has 0 spiro atoms. The first-order valence-electron chi connectivity index (χ1n) is 7.31. The molecule has 0 aromatic heterocycles. The normalized spacial score (nSPS) is 24.4. The number of hydrogen-bond donors (Lipinski definition) is 0. The van der Waals surface area contributed by atoms with Crippen LogP contribution < -0.4 is 24.8 Å². The largest absolute Gasteiger partial charge is 4.00 e. The summed E-state index contributed by atoms with van der Waals surface area (Å²) in [6.45, 7) is 18.6. The van der Waals surface area contributed by atoms with Gasteiger partial charge in [0.05, 0.1) is 8.07 Å². The van der Waals surface area contributed by atoms with Gasteiger partial charge in [-0.1, -0.05) is 52.6 Å². The maximum absolute atomic E-state index is 3.61. The van der Waals surface area contributed by atoms with Gasteiger partial charge in [0.2, 0.25) is 0 Å². The molecule has 0 saturated heterocycles. The molecule has 2 atom stereocenters. The van der Waals surface area contributed by atoms with Crippen molar-refractivity contribution in [3.8, 4) is 0 Å². The zero-order valence-corrected chi connectivity index (χ0v) is 19.9. The fourth-order valence-electron chi connectivity index (χ4n) is 4.23. The molecule has 0 heterocycles. The van der Waals surface area contributed by atoms with Crippen molar-refractivity contribution in [2.24, 2.45) is 11.8 Å². The van der Waals surface area contributed by atoms with Crippen LogP contribution in [-0.2, 0) is 26.2 Å². The average molecular weight is 433 g/mol. The van der Waals surface area contributed by atoms with Crippen LogP contribution in [0.4, 0.5) is 0 Å². The van der Waals surface area contributed by atoms with Gasteiger partial charge in [-0.05, 0) is 0 Å². The third-order valence-electron chi connectivity index (χ3n) is 5.01. The van der Waals surface area contributed by atoms with Crippen LogP contribution >= 0.6 is 0 Å². The van der Waals surface area contributed by atoms with Gasteiger partial charge in [0.1, 0.15) is 0 Å². The first kappa shape index (κ1) is 24.9. The van der Waals surface area contributed by atoms with Crippen LogP contribution in [0.1, 0.15) is 41.5 Å². The summed E-state index contributed by atoms with van der Waals surface area (Å²) in [5.41, 5.74) is 5.73. The molecule has 0 aromatic rings. The molecular weight excluding hydrogens is 406 g/mol. The monoisotopic (exact) mass is 430 g/mol. The van der Waals surface area contributed by atoms with Gasteiger partial charge in [0.15, 0.2) is 0 Å². The fourth-order valence-corrected chi connectivity index (χ4v) is 9.08. The molecule has 4 heteroatoms. The zero-order chi connectivity index (χ0) is 14.5. The van der Waals surface area contributed by atoms with Crippen molar-refractivity contribution in [2.45, 2.75) is 54.6 Å². The van der Waals surface area contributed by atoms with E-state index in [4.69, 9.17) is 0 Å². The summed E-state index contributed by atoms with van der Waals surface area (Å²) in [6, 6.07) is 0. The minimum absolute atomic E-state index is 0. The predicted octanol–water partition coefficient (Wildman–Crippen LogP) is -0.790. The molecule has 2 aliphatic rings. The summed E-state index contributed by atoms with van der Waals surface area (Å²) in [6.07, 6.45) is 7.23. The van der Waals surface area contributed by atoms with Crippen molar-refractivity contribution in [1.29, 1.82) is 0 Å². The van der Waals surface area contributed by atoms with Crippen molar-refractivity contribution in [1.82, 2.24) is 0 Å². The Morgan fingerprint density at radius 2 is 1.00 bits per heavy atom. The Kier molecular flexibility index (Phi) is 9.79. The summed E-state index contributed by atoms with van der Waals surface area (Å²) in [7, 11) is -1.58. The minimum atomic E-state index is -1.58. The van der Waals surface area contributed by atoms with Gasteiger partial charge in [-0.15, -0.1) is 13.8 Å². The van der Waals surface area contributed by atoms with E-state index in [-0.39, 0.29) is 51.0 Å². The first-order chi connectivity index (χ1) is 8.67. The van der Waals surface area contributed by atoms with Crippen LogP contribution in [0.15, 0.2) is 32.7 Å². The Morgan fingerprint density at radius 1 is 0.727 bits per heavy atom. The van der Waals surface area contributed by atoms with Crippen LogP contribution in [0.5, 0.6) is 0 Å². The summed E-state index contributed by atoms with van der Waals surface area (Å²) in [4.78, 5) is 0. The molecule has 0 N–H and O–H groups in total. The van der Waals surface area contributed by atoms with Crippen LogP contribution in [0.25, 0.3) is 0 Å². The Morgan fingerprint density at radius 3 is 1.18 bits per heavy atom. The van der Waals surface area contributed by atoms with Gasteiger partial charge in [0.25, 0.3) is 0 Å². The van der Waals surface area contributed by atoms with Crippen molar-refractivity contribution < 1.29 is 51.0 Å². The SMILES string of the molecule is CC1=[C-][C@@H](C)C([Si](C)(C)C2=C(C)C(C)=[C-][C@@H]2C)=C1C.[Cl-].[Cl-].[Zr+4]. The molecule has 0 saturated carbocycles. The molecule has 120 valence electrons. The second kappa shape index (κ2) is 8.65. The second-order valence-electron chi connectivity index (χ2n) is 6.68. The summed E-state index contributed by atoms with van der Waals surface area (Å²) < 4.78 is 0. The van der Waals surface area contributed by atoms with Gasteiger partial charge in [-0.2, -0.15) is 10.4 Å². The molecule has 2 rings (SSSR count). The van der Waals surface area contributed by atoms with E-state index in [1.54, 1.807) is 10.4 Å². The van der Waals surface area contributed by atoms with Crippen LogP contribution in [0, 0.1) is 24.0 Å². The summed E-state index contributed by atoms with van der Waals surface area (Å²) >= 11 is 0. The number of allylic oxidation sites excluding steroid dienone is 8. The van der Waals surface area contributed by atoms with Crippen molar-refractivity contribution in [3.63, 3.8) is 0 Å². The third kappa shape index (κ3) is 4.00. The van der Waals surface area contributed by atoms with E-state index in [2.05, 4.69) is 66.8 Å². The average Bonchev–Trinajstić information content (AvgIpc) is 2.66. The van der Waals surface area contributed by atoms with Gasteiger partial charge in [0, 0.05) is 0 Å². The van der Waals surface area contributed by atoms with E-state index in [0.29, 0.717) is 11.8 Å². The Bertz CT molecular complexity index is 505. The molecule has 0 fully saturated rings. The Hall–Kier alpha value is 0.640. The molecule has 22 heavy (non-hydrogen) atoms. The number of rotatable bonds is 2. The zero-order valence-electron chi connectivity index (χ0n) is 14.9. The Labute approximate surface area is 169 Å². The van der Waals surface area contributed by atoms with E-state index < -0.39 is 8.07 Å². The molecule has 0 radical (unpaired) electrons. The van der Waals surface area contributed by atoms with Crippen molar-refractivity contribution in [3.05, 3.63) is 44.8 Å². The topological polar surface area (TPSA) is 0 Å². The van der Waals surface area contributed by atoms with Gasteiger partial charge >= 0.3 is 26.2 Å². The van der Waals surface area contributed by atoms with Crippen LogP contribution in [0.3, 0.4) is 0 Å². The molecule has 0 bridgehead atoms. The van der Waals surface area contributed by atoms with Crippen LogP contribution in [-0.4, -0.2) is 8.07 Å². The van der Waals surface area contributed by atoms with Crippen molar-refractivity contribution >= 4 is 8.07 Å². The van der Waals surface area contributed by atoms with E-state index in [1.807, 2.05) is 0 Å². The van der Waals surface area contributed by atoms with E-state index in [1.165, 1.54) is 22.3 Å². The maximum Gasteiger partial charge on any atom is 4.00 e. The number of halogens is 2. The molecular formula is C18H26Cl2SiZr. The predicted molar refractivity (Wildman–Crippen MR) is 86.1 cm³/mol. The first-order valence-corrected chi connectivity index (χ1v) is 10.3. The van der Waals surface area contributed by atoms with Gasteiger partial charge < -0.3 is 24.8 Å². The van der Waals surface area contributed by atoms with Gasteiger partial charge in [-0.3, -0.25) is 12.2 Å². The van der Waals surface area contributed by atoms with Gasteiger partial charge in [-0.25, -0.2) is 22.3 Å².